The smallest absolute Gasteiger partial charge is 0.120 e. The molecule has 1 aliphatic heterocycles. The summed E-state index contributed by atoms with van der Waals surface area (Å²) in [5.74, 6) is 0.828. The molecule has 0 aromatic carbocycles. The van der Waals surface area contributed by atoms with Crippen molar-refractivity contribution in [2.45, 2.75) is 25.9 Å². The van der Waals surface area contributed by atoms with E-state index >= 15 is 0 Å². The van der Waals surface area contributed by atoms with E-state index < -0.39 is 0 Å². The van der Waals surface area contributed by atoms with Crippen LogP contribution in [0.1, 0.15) is 19.8 Å². The van der Waals surface area contributed by atoms with Crippen LogP contribution in [0.25, 0.3) is 0 Å². The van der Waals surface area contributed by atoms with Gasteiger partial charge in [0.2, 0.25) is 0 Å². The topological polar surface area (TPSA) is 59.1 Å². The van der Waals surface area contributed by atoms with Crippen molar-refractivity contribution in [1.29, 1.82) is 5.41 Å². The van der Waals surface area contributed by atoms with E-state index in [4.69, 9.17) is 15.9 Å². The van der Waals surface area contributed by atoms with Crippen LogP contribution >= 0.6 is 0 Å². The van der Waals surface area contributed by atoms with Gasteiger partial charge in [0, 0.05) is 6.61 Å². The van der Waals surface area contributed by atoms with Crippen molar-refractivity contribution in [1.82, 2.24) is 0 Å². The minimum atomic E-state index is -0.108. The highest BCUT2D eigenvalue weighted by Crippen LogP contribution is 2.18. The molecule has 0 aromatic rings. The number of hydrogen-bond donors (Lipinski definition) is 2. The maximum atomic E-state index is 7.13. The normalized spacial score (nSPS) is 33.7. The largest absolute Gasteiger partial charge is 0.385 e. The molecule has 1 rings (SSSR count). The minimum Gasteiger partial charge on any atom is -0.385 e. The first-order valence-electron chi connectivity index (χ1n) is 3.65. The molecule has 0 radical (unpaired) electrons. The number of ether oxygens (including phenoxy) is 1. The van der Waals surface area contributed by atoms with Gasteiger partial charge in [-0.05, 0) is 18.8 Å². The average Bonchev–Trinajstić information content (AvgIpc) is 1.88. The zero-order valence-electron chi connectivity index (χ0n) is 6.26. The van der Waals surface area contributed by atoms with Crippen LogP contribution in [0, 0.1) is 11.3 Å². The van der Waals surface area contributed by atoms with E-state index in [0.29, 0.717) is 5.92 Å². The van der Waals surface area contributed by atoms with Gasteiger partial charge < -0.3 is 10.5 Å². The Morgan fingerprint density at radius 3 is 2.80 bits per heavy atom. The maximum absolute atomic E-state index is 7.13. The molecule has 1 fully saturated rings. The van der Waals surface area contributed by atoms with E-state index in [9.17, 15) is 0 Å². The molecule has 0 unspecified atom stereocenters. The van der Waals surface area contributed by atoms with Crippen LogP contribution in [0.4, 0.5) is 0 Å². The van der Waals surface area contributed by atoms with Gasteiger partial charge in [0.25, 0.3) is 0 Å². The second-order valence-electron chi connectivity index (χ2n) is 2.94. The molecule has 3 heteroatoms. The fourth-order valence-electron chi connectivity index (χ4n) is 1.18. The Morgan fingerprint density at radius 1 is 1.70 bits per heavy atom. The Kier molecular flexibility index (Phi) is 2.27. The highest BCUT2D eigenvalue weighted by Gasteiger charge is 2.20. The summed E-state index contributed by atoms with van der Waals surface area (Å²) < 4.78 is 5.26. The summed E-state index contributed by atoms with van der Waals surface area (Å²) in [5.41, 5.74) is 5.29. The van der Waals surface area contributed by atoms with E-state index in [2.05, 4.69) is 6.92 Å². The molecule has 3 nitrogen and oxygen atoms in total. The number of nitrogens with one attached hydrogen (secondary N) is 1. The molecular formula is C7H14N2O. The molecule has 0 amide bonds. The predicted octanol–water partition coefficient (Wildman–Crippen LogP) is 0.737. The van der Waals surface area contributed by atoms with E-state index in [1.165, 1.54) is 0 Å². The molecule has 0 aliphatic carbocycles. The van der Waals surface area contributed by atoms with Gasteiger partial charge in [0.15, 0.2) is 0 Å². The van der Waals surface area contributed by atoms with Crippen LogP contribution in [0.2, 0.25) is 0 Å². The molecule has 0 saturated carbocycles. The molecule has 0 aromatic heterocycles. The SMILES string of the molecule is C[C@@H]1CCO[C@H](C(=N)N)C1. The quantitative estimate of drug-likeness (QED) is 0.419. The first-order chi connectivity index (χ1) is 4.70. The maximum Gasteiger partial charge on any atom is 0.120 e. The lowest BCUT2D eigenvalue weighted by Crippen LogP contribution is -2.35. The van der Waals surface area contributed by atoms with Gasteiger partial charge in [0.1, 0.15) is 11.9 Å². The van der Waals surface area contributed by atoms with Gasteiger partial charge >= 0.3 is 0 Å². The molecule has 2 atom stereocenters. The summed E-state index contributed by atoms with van der Waals surface area (Å²) in [6.07, 6.45) is 1.91. The summed E-state index contributed by atoms with van der Waals surface area (Å²) in [4.78, 5) is 0. The van der Waals surface area contributed by atoms with Crippen molar-refractivity contribution < 1.29 is 4.74 Å². The van der Waals surface area contributed by atoms with Gasteiger partial charge in [0.05, 0.1) is 0 Å². The third-order valence-electron chi connectivity index (χ3n) is 1.89. The molecule has 1 saturated heterocycles. The third kappa shape index (κ3) is 1.70. The van der Waals surface area contributed by atoms with E-state index in [0.717, 1.165) is 19.4 Å². The number of nitrogens with two attached hydrogens (primary N) is 1. The Bertz CT molecular complexity index is 136. The van der Waals surface area contributed by atoms with Crippen molar-refractivity contribution in [3.05, 3.63) is 0 Å². The van der Waals surface area contributed by atoms with E-state index in [-0.39, 0.29) is 11.9 Å². The second kappa shape index (κ2) is 3.01. The van der Waals surface area contributed by atoms with Gasteiger partial charge in [-0.15, -0.1) is 0 Å². The van der Waals surface area contributed by atoms with Gasteiger partial charge in [-0.25, -0.2) is 0 Å². The van der Waals surface area contributed by atoms with Crippen LogP contribution in [0.3, 0.4) is 0 Å². The third-order valence-corrected chi connectivity index (χ3v) is 1.89. The Morgan fingerprint density at radius 2 is 2.40 bits per heavy atom. The highest BCUT2D eigenvalue weighted by atomic mass is 16.5. The monoisotopic (exact) mass is 142 g/mol. The Balaban J connectivity index is 2.39. The lowest BCUT2D eigenvalue weighted by molar-refractivity contribution is 0.0342. The second-order valence-corrected chi connectivity index (χ2v) is 2.94. The molecule has 0 bridgehead atoms. The standard InChI is InChI=1S/C7H14N2O/c1-5-2-3-10-6(4-5)7(8)9/h5-6H,2-4H2,1H3,(H3,8,9)/t5-,6+/m1/s1. The Hall–Kier alpha value is -0.570. The summed E-state index contributed by atoms with van der Waals surface area (Å²) in [7, 11) is 0. The number of amidine groups is 1. The summed E-state index contributed by atoms with van der Waals surface area (Å²) >= 11 is 0. The van der Waals surface area contributed by atoms with Crippen molar-refractivity contribution >= 4 is 5.84 Å². The molecule has 1 heterocycles. The van der Waals surface area contributed by atoms with E-state index in [1.807, 2.05) is 0 Å². The van der Waals surface area contributed by atoms with Crippen LogP contribution in [-0.4, -0.2) is 18.5 Å². The molecule has 0 spiro atoms. The molecule has 1 aliphatic rings. The predicted molar refractivity (Wildman–Crippen MR) is 40.1 cm³/mol. The van der Waals surface area contributed by atoms with Crippen molar-refractivity contribution in [3.63, 3.8) is 0 Å². The zero-order valence-corrected chi connectivity index (χ0v) is 6.26. The van der Waals surface area contributed by atoms with Gasteiger partial charge in [-0.1, -0.05) is 6.92 Å². The van der Waals surface area contributed by atoms with E-state index in [1.54, 1.807) is 0 Å². The minimum absolute atomic E-state index is 0.108. The van der Waals surface area contributed by atoms with Crippen molar-refractivity contribution in [2.75, 3.05) is 6.61 Å². The van der Waals surface area contributed by atoms with Crippen molar-refractivity contribution in [3.8, 4) is 0 Å². The number of hydrogen-bond acceptors (Lipinski definition) is 2. The lowest BCUT2D eigenvalue weighted by atomic mass is 9.97. The average molecular weight is 142 g/mol. The summed E-state index contributed by atoms with van der Waals surface area (Å²) in [5, 5.41) is 7.13. The Labute approximate surface area is 61.1 Å². The van der Waals surface area contributed by atoms with Crippen LogP contribution in [-0.2, 0) is 4.74 Å². The summed E-state index contributed by atoms with van der Waals surface area (Å²) in [6, 6.07) is 0. The summed E-state index contributed by atoms with van der Waals surface area (Å²) in [6.45, 7) is 2.92. The number of rotatable bonds is 1. The first kappa shape index (κ1) is 7.54. The zero-order chi connectivity index (χ0) is 7.56. The van der Waals surface area contributed by atoms with Crippen LogP contribution in [0.15, 0.2) is 0 Å². The lowest BCUT2D eigenvalue weighted by Gasteiger charge is -2.25. The van der Waals surface area contributed by atoms with Gasteiger partial charge in [-0.3, -0.25) is 5.41 Å². The fourth-order valence-corrected chi connectivity index (χ4v) is 1.18. The molecule has 3 N–H and O–H groups in total. The first-order valence-corrected chi connectivity index (χ1v) is 3.65. The van der Waals surface area contributed by atoms with Crippen LogP contribution in [0.5, 0.6) is 0 Å². The fraction of sp³-hybridized carbons (Fsp3) is 0.857. The van der Waals surface area contributed by atoms with Crippen molar-refractivity contribution in [2.24, 2.45) is 11.7 Å². The van der Waals surface area contributed by atoms with Crippen LogP contribution < -0.4 is 5.73 Å². The molecule has 58 valence electrons. The molecule has 10 heavy (non-hydrogen) atoms. The van der Waals surface area contributed by atoms with Gasteiger partial charge in [-0.2, -0.15) is 0 Å². The molecular weight excluding hydrogens is 128 g/mol. The highest BCUT2D eigenvalue weighted by molar-refractivity contribution is 5.81.